The van der Waals surface area contributed by atoms with E-state index in [9.17, 15) is 0 Å². The zero-order valence-corrected chi connectivity index (χ0v) is 6.47. The van der Waals surface area contributed by atoms with Gasteiger partial charge in [-0.25, -0.2) is 0 Å². The van der Waals surface area contributed by atoms with Crippen molar-refractivity contribution < 1.29 is 0 Å². The van der Waals surface area contributed by atoms with Gasteiger partial charge < -0.3 is 0 Å². The number of allylic oxidation sites excluding steroid dienone is 2. The molecule has 10 heavy (non-hydrogen) atoms. The monoisotopic (exact) mass is 134 g/mol. The van der Waals surface area contributed by atoms with Gasteiger partial charge in [0.1, 0.15) is 0 Å². The van der Waals surface area contributed by atoms with E-state index in [-0.39, 0.29) is 5.41 Å². The van der Waals surface area contributed by atoms with Gasteiger partial charge in [-0.1, -0.05) is 20.8 Å². The van der Waals surface area contributed by atoms with Crippen LogP contribution in [-0.4, -0.2) is 0 Å². The number of nitriles is 2. The van der Waals surface area contributed by atoms with Gasteiger partial charge in [-0.05, 0) is 5.41 Å². The standard InChI is InChI=1S/C8H10N2/c1-8(2,3)7(6-10)4-5-9/h4H,1-3H3/b7-4+. The third-order valence-electron chi connectivity index (χ3n) is 1.14. The Bertz CT molecular complexity index is 217. The first kappa shape index (κ1) is 8.72. The van der Waals surface area contributed by atoms with Crippen LogP contribution in [0.15, 0.2) is 11.6 Å². The van der Waals surface area contributed by atoms with Gasteiger partial charge in [0.15, 0.2) is 0 Å². The average molecular weight is 134 g/mol. The molecule has 0 rings (SSSR count). The number of hydrogen-bond donors (Lipinski definition) is 0. The SMILES string of the molecule is CC(C)(C)/C(C#N)=C/C#N. The van der Waals surface area contributed by atoms with Crippen LogP contribution in [0, 0.1) is 28.1 Å². The molecule has 0 radical (unpaired) electrons. The predicted octanol–water partition coefficient (Wildman–Crippen LogP) is 2.01. The van der Waals surface area contributed by atoms with Crippen LogP contribution in [0.3, 0.4) is 0 Å². The normalized spacial score (nSPS) is 11.9. The zero-order chi connectivity index (χ0) is 8.20. The van der Waals surface area contributed by atoms with Gasteiger partial charge >= 0.3 is 0 Å². The highest BCUT2D eigenvalue weighted by Crippen LogP contribution is 2.23. The lowest BCUT2D eigenvalue weighted by Crippen LogP contribution is -2.07. The fraction of sp³-hybridized carbons (Fsp3) is 0.500. The van der Waals surface area contributed by atoms with Crippen molar-refractivity contribution in [3.05, 3.63) is 11.6 Å². The second-order valence-corrected chi connectivity index (χ2v) is 3.05. The molecule has 0 aliphatic carbocycles. The Hall–Kier alpha value is -1.28. The molecule has 0 aromatic carbocycles. The summed E-state index contributed by atoms with van der Waals surface area (Å²) in [4.78, 5) is 0. The molecule has 0 fully saturated rings. The minimum absolute atomic E-state index is 0.204. The molecule has 0 spiro atoms. The molecule has 0 heterocycles. The minimum Gasteiger partial charge on any atom is -0.193 e. The van der Waals surface area contributed by atoms with Crippen LogP contribution in [0.4, 0.5) is 0 Å². The van der Waals surface area contributed by atoms with Crippen LogP contribution in [-0.2, 0) is 0 Å². The first-order chi connectivity index (χ1) is 4.52. The zero-order valence-electron chi connectivity index (χ0n) is 6.47. The smallest absolute Gasteiger partial charge is 0.0960 e. The molecular weight excluding hydrogens is 124 g/mol. The fourth-order valence-corrected chi connectivity index (χ4v) is 0.481. The molecule has 2 heteroatoms. The molecular formula is C8H10N2. The van der Waals surface area contributed by atoms with Crippen molar-refractivity contribution in [3.63, 3.8) is 0 Å². The summed E-state index contributed by atoms with van der Waals surface area (Å²) in [5.74, 6) is 0. The summed E-state index contributed by atoms with van der Waals surface area (Å²) in [7, 11) is 0. The molecule has 0 aliphatic heterocycles. The van der Waals surface area contributed by atoms with Gasteiger partial charge in [-0.15, -0.1) is 0 Å². The Labute approximate surface area is 61.4 Å². The first-order valence-corrected chi connectivity index (χ1v) is 3.02. The lowest BCUT2D eigenvalue weighted by Gasteiger charge is -2.14. The van der Waals surface area contributed by atoms with E-state index in [1.54, 1.807) is 0 Å². The van der Waals surface area contributed by atoms with E-state index in [2.05, 4.69) is 0 Å². The lowest BCUT2D eigenvalue weighted by molar-refractivity contribution is 0.520. The third kappa shape index (κ3) is 2.33. The van der Waals surface area contributed by atoms with Crippen LogP contribution in [0.25, 0.3) is 0 Å². The molecule has 2 nitrogen and oxygen atoms in total. The largest absolute Gasteiger partial charge is 0.193 e. The summed E-state index contributed by atoms with van der Waals surface area (Å²) >= 11 is 0. The van der Waals surface area contributed by atoms with Crippen molar-refractivity contribution in [2.24, 2.45) is 5.41 Å². The van der Waals surface area contributed by atoms with Crippen molar-refractivity contribution >= 4 is 0 Å². The Morgan fingerprint density at radius 3 is 1.90 bits per heavy atom. The highest BCUT2D eigenvalue weighted by atomic mass is 14.3. The van der Waals surface area contributed by atoms with E-state index >= 15 is 0 Å². The van der Waals surface area contributed by atoms with Gasteiger partial charge in [0, 0.05) is 11.6 Å². The molecule has 0 aromatic rings. The molecule has 52 valence electrons. The van der Waals surface area contributed by atoms with Gasteiger partial charge in [0.25, 0.3) is 0 Å². The van der Waals surface area contributed by atoms with Crippen LogP contribution < -0.4 is 0 Å². The summed E-state index contributed by atoms with van der Waals surface area (Å²) in [5, 5.41) is 16.8. The summed E-state index contributed by atoms with van der Waals surface area (Å²) < 4.78 is 0. The fourth-order valence-electron chi connectivity index (χ4n) is 0.481. The Morgan fingerprint density at radius 1 is 1.30 bits per heavy atom. The van der Waals surface area contributed by atoms with Crippen LogP contribution in [0.2, 0.25) is 0 Å². The van der Waals surface area contributed by atoms with Crippen LogP contribution in [0.5, 0.6) is 0 Å². The van der Waals surface area contributed by atoms with Crippen molar-refractivity contribution in [1.82, 2.24) is 0 Å². The highest BCUT2D eigenvalue weighted by molar-refractivity contribution is 5.31. The van der Waals surface area contributed by atoms with E-state index in [1.165, 1.54) is 6.08 Å². The van der Waals surface area contributed by atoms with Crippen molar-refractivity contribution in [2.75, 3.05) is 0 Å². The second kappa shape index (κ2) is 3.03. The quantitative estimate of drug-likeness (QED) is 0.476. The molecule has 0 unspecified atom stereocenters. The second-order valence-electron chi connectivity index (χ2n) is 3.05. The molecule has 0 amide bonds. The van der Waals surface area contributed by atoms with Gasteiger partial charge in [-0.2, -0.15) is 10.5 Å². The van der Waals surface area contributed by atoms with Crippen molar-refractivity contribution in [1.29, 1.82) is 10.5 Å². The summed E-state index contributed by atoms with van der Waals surface area (Å²) in [5.41, 5.74) is 0.319. The van der Waals surface area contributed by atoms with E-state index < -0.39 is 0 Å². The first-order valence-electron chi connectivity index (χ1n) is 3.02. The van der Waals surface area contributed by atoms with E-state index in [0.717, 1.165) is 0 Å². The molecule has 0 aliphatic rings. The molecule has 0 atom stereocenters. The molecule has 0 aromatic heterocycles. The predicted molar refractivity (Wildman–Crippen MR) is 38.8 cm³/mol. The number of nitrogens with zero attached hydrogens (tertiary/aromatic N) is 2. The van der Waals surface area contributed by atoms with Crippen molar-refractivity contribution in [2.45, 2.75) is 20.8 Å². The van der Waals surface area contributed by atoms with Gasteiger partial charge in [0.05, 0.1) is 12.1 Å². The van der Waals surface area contributed by atoms with E-state index in [0.29, 0.717) is 5.57 Å². The van der Waals surface area contributed by atoms with Crippen LogP contribution in [0.1, 0.15) is 20.8 Å². The van der Waals surface area contributed by atoms with Crippen molar-refractivity contribution in [3.8, 4) is 12.1 Å². The maximum absolute atomic E-state index is 8.52. The third-order valence-corrected chi connectivity index (χ3v) is 1.14. The maximum Gasteiger partial charge on any atom is 0.0960 e. The van der Waals surface area contributed by atoms with Gasteiger partial charge in [-0.3, -0.25) is 0 Å². The number of hydrogen-bond acceptors (Lipinski definition) is 2. The molecule has 0 saturated carbocycles. The average Bonchev–Trinajstić information content (AvgIpc) is 1.80. The molecule has 0 saturated heterocycles. The topological polar surface area (TPSA) is 47.6 Å². The Balaban J connectivity index is 4.62. The summed E-state index contributed by atoms with van der Waals surface area (Å²) in [6.07, 6.45) is 1.29. The van der Waals surface area contributed by atoms with E-state index in [1.807, 2.05) is 32.9 Å². The van der Waals surface area contributed by atoms with E-state index in [4.69, 9.17) is 10.5 Å². The highest BCUT2D eigenvalue weighted by Gasteiger charge is 2.15. The lowest BCUT2D eigenvalue weighted by atomic mass is 9.87. The molecule has 0 N–H and O–H groups in total. The summed E-state index contributed by atoms with van der Waals surface area (Å²) in [6.45, 7) is 5.71. The Morgan fingerprint density at radius 2 is 1.80 bits per heavy atom. The van der Waals surface area contributed by atoms with Crippen LogP contribution >= 0.6 is 0 Å². The minimum atomic E-state index is -0.204. The number of rotatable bonds is 0. The van der Waals surface area contributed by atoms with Gasteiger partial charge in [0.2, 0.25) is 0 Å². The molecule has 0 bridgehead atoms. The maximum atomic E-state index is 8.52. The Kier molecular flexibility index (Phi) is 2.65. The summed E-state index contributed by atoms with van der Waals surface area (Å²) in [6, 6.07) is 3.82.